The van der Waals surface area contributed by atoms with Crippen LogP contribution in [0, 0.1) is 0 Å². The Kier molecular flexibility index (Phi) is 4.35. The summed E-state index contributed by atoms with van der Waals surface area (Å²) in [6.07, 6.45) is -2.47. The molecule has 0 amide bonds. The van der Waals surface area contributed by atoms with E-state index >= 15 is 0 Å². The van der Waals surface area contributed by atoms with Crippen LogP contribution in [0.4, 0.5) is 13.2 Å². The Labute approximate surface area is 92.6 Å². The number of rotatable bonds is 5. The number of nitrogens with zero attached hydrogens (tertiary/aromatic N) is 2. The van der Waals surface area contributed by atoms with E-state index in [4.69, 9.17) is 0 Å². The van der Waals surface area contributed by atoms with E-state index < -0.39 is 12.6 Å². The third-order valence-electron chi connectivity index (χ3n) is 2.39. The SMILES string of the molecule is CNC(CCCC(F)(F)F)c1ccn(C)n1. The molecule has 92 valence electrons. The molecule has 0 aliphatic carbocycles. The van der Waals surface area contributed by atoms with Crippen LogP contribution in [0.2, 0.25) is 0 Å². The van der Waals surface area contributed by atoms with Gasteiger partial charge in [-0.2, -0.15) is 18.3 Å². The van der Waals surface area contributed by atoms with Gasteiger partial charge in [-0.15, -0.1) is 0 Å². The van der Waals surface area contributed by atoms with Crippen molar-refractivity contribution >= 4 is 0 Å². The van der Waals surface area contributed by atoms with E-state index in [1.165, 1.54) is 0 Å². The second-order valence-corrected chi connectivity index (χ2v) is 3.76. The summed E-state index contributed by atoms with van der Waals surface area (Å²) in [6.45, 7) is 0. The van der Waals surface area contributed by atoms with Crippen molar-refractivity contribution in [1.29, 1.82) is 0 Å². The lowest BCUT2D eigenvalue weighted by atomic mass is 10.1. The van der Waals surface area contributed by atoms with E-state index in [1.807, 2.05) is 6.07 Å². The highest BCUT2D eigenvalue weighted by Crippen LogP contribution is 2.25. The standard InChI is InChI=1S/C10H16F3N3/c1-14-8(4-3-6-10(11,12)13)9-5-7-16(2)15-9/h5,7-8,14H,3-4,6H2,1-2H3. The summed E-state index contributed by atoms with van der Waals surface area (Å²) in [7, 11) is 3.51. The summed E-state index contributed by atoms with van der Waals surface area (Å²) < 4.78 is 37.6. The van der Waals surface area contributed by atoms with Gasteiger partial charge in [0, 0.05) is 19.7 Å². The summed E-state index contributed by atoms with van der Waals surface area (Å²) in [6, 6.07) is 1.71. The first-order valence-electron chi connectivity index (χ1n) is 5.16. The molecule has 0 radical (unpaired) electrons. The summed E-state index contributed by atoms with van der Waals surface area (Å²) in [5.74, 6) is 0. The minimum atomic E-state index is -4.07. The molecule has 0 spiro atoms. The molecule has 0 aliphatic rings. The van der Waals surface area contributed by atoms with Crippen molar-refractivity contribution in [3.8, 4) is 0 Å². The fourth-order valence-electron chi connectivity index (χ4n) is 1.57. The predicted octanol–water partition coefficient (Wildman–Crippen LogP) is 2.41. The van der Waals surface area contributed by atoms with Crippen LogP contribution >= 0.6 is 0 Å². The lowest BCUT2D eigenvalue weighted by molar-refractivity contribution is -0.135. The molecule has 1 atom stereocenters. The van der Waals surface area contributed by atoms with Gasteiger partial charge < -0.3 is 5.32 Å². The van der Waals surface area contributed by atoms with Gasteiger partial charge >= 0.3 is 6.18 Å². The molecule has 0 saturated heterocycles. The third kappa shape index (κ3) is 4.22. The molecule has 1 N–H and O–H groups in total. The summed E-state index contributed by atoms with van der Waals surface area (Å²) in [5.41, 5.74) is 0.784. The predicted molar refractivity (Wildman–Crippen MR) is 54.9 cm³/mol. The number of halogens is 3. The van der Waals surface area contributed by atoms with E-state index in [0.29, 0.717) is 6.42 Å². The summed E-state index contributed by atoms with van der Waals surface area (Å²) in [5, 5.41) is 7.14. The number of alkyl halides is 3. The zero-order valence-electron chi connectivity index (χ0n) is 9.38. The van der Waals surface area contributed by atoms with Crippen LogP contribution < -0.4 is 5.32 Å². The van der Waals surface area contributed by atoms with Crippen LogP contribution in [0.5, 0.6) is 0 Å². The molecule has 0 aliphatic heterocycles. The quantitative estimate of drug-likeness (QED) is 0.849. The van der Waals surface area contributed by atoms with Crippen molar-refractivity contribution in [3.63, 3.8) is 0 Å². The van der Waals surface area contributed by atoms with E-state index in [9.17, 15) is 13.2 Å². The van der Waals surface area contributed by atoms with Crippen LogP contribution in [-0.4, -0.2) is 23.0 Å². The lowest BCUT2D eigenvalue weighted by Crippen LogP contribution is -2.18. The van der Waals surface area contributed by atoms with E-state index in [-0.39, 0.29) is 12.5 Å². The van der Waals surface area contributed by atoms with Gasteiger partial charge in [0.1, 0.15) is 0 Å². The highest BCUT2D eigenvalue weighted by molar-refractivity contribution is 5.04. The monoisotopic (exact) mass is 235 g/mol. The largest absolute Gasteiger partial charge is 0.389 e. The maximum absolute atomic E-state index is 12.0. The second-order valence-electron chi connectivity index (χ2n) is 3.76. The topological polar surface area (TPSA) is 29.9 Å². The third-order valence-corrected chi connectivity index (χ3v) is 2.39. The Morgan fingerprint density at radius 1 is 1.50 bits per heavy atom. The van der Waals surface area contributed by atoms with Crippen molar-refractivity contribution in [1.82, 2.24) is 15.1 Å². The number of nitrogens with one attached hydrogen (secondary N) is 1. The van der Waals surface area contributed by atoms with Crippen molar-refractivity contribution in [2.24, 2.45) is 7.05 Å². The van der Waals surface area contributed by atoms with E-state index in [2.05, 4.69) is 10.4 Å². The smallest absolute Gasteiger partial charge is 0.312 e. The van der Waals surface area contributed by atoms with Crippen LogP contribution in [0.15, 0.2) is 12.3 Å². The van der Waals surface area contributed by atoms with Crippen LogP contribution in [0.25, 0.3) is 0 Å². The fourth-order valence-corrected chi connectivity index (χ4v) is 1.57. The Morgan fingerprint density at radius 3 is 2.62 bits per heavy atom. The number of hydrogen-bond donors (Lipinski definition) is 1. The number of aryl methyl sites for hydroxylation is 1. The molecule has 16 heavy (non-hydrogen) atoms. The minimum absolute atomic E-state index is 0.108. The van der Waals surface area contributed by atoms with Gasteiger partial charge in [0.05, 0.1) is 11.7 Å². The molecule has 1 aromatic heterocycles. The highest BCUT2D eigenvalue weighted by Gasteiger charge is 2.26. The average Bonchev–Trinajstić information content (AvgIpc) is 2.58. The summed E-state index contributed by atoms with van der Waals surface area (Å²) >= 11 is 0. The minimum Gasteiger partial charge on any atom is -0.312 e. The molecular formula is C10H16F3N3. The van der Waals surface area contributed by atoms with Gasteiger partial charge in [0.15, 0.2) is 0 Å². The molecule has 0 bridgehead atoms. The Balaban J connectivity index is 2.44. The number of aromatic nitrogens is 2. The van der Waals surface area contributed by atoms with Crippen molar-refractivity contribution in [3.05, 3.63) is 18.0 Å². The molecule has 0 aromatic carbocycles. The van der Waals surface area contributed by atoms with E-state index in [1.54, 1.807) is 25.0 Å². The first-order chi connectivity index (χ1) is 7.42. The Hall–Kier alpha value is -1.04. The van der Waals surface area contributed by atoms with Crippen LogP contribution in [-0.2, 0) is 7.05 Å². The Bertz CT molecular complexity index is 319. The molecule has 3 nitrogen and oxygen atoms in total. The van der Waals surface area contributed by atoms with Gasteiger partial charge in [-0.25, -0.2) is 0 Å². The number of hydrogen-bond acceptors (Lipinski definition) is 2. The molecule has 6 heteroatoms. The van der Waals surface area contributed by atoms with Gasteiger partial charge in [0.25, 0.3) is 0 Å². The van der Waals surface area contributed by atoms with Crippen LogP contribution in [0.3, 0.4) is 0 Å². The molecule has 1 unspecified atom stereocenters. The molecular weight excluding hydrogens is 219 g/mol. The first kappa shape index (κ1) is 13.0. The van der Waals surface area contributed by atoms with Crippen LogP contribution in [0.1, 0.15) is 31.0 Å². The molecule has 1 aromatic rings. The molecule has 1 heterocycles. The molecule has 1 rings (SSSR count). The van der Waals surface area contributed by atoms with E-state index in [0.717, 1.165) is 5.69 Å². The van der Waals surface area contributed by atoms with Gasteiger partial charge in [0.2, 0.25) is 0 Å². The second kappa shape index (κ2) is 5.34. The van der Waals surface area contributed by atoms with Gasteiger partial charge in [-0.3, -0.25) is 4.68 Å². The lowest BCUT2D eigenvalue weighted by Gasteiger charge is -2.14. The molecule has 0 fully saturated rings. The van der Waals surface area contributed by atoms with Crippen molar-refractivity contribution in [2.75, 3.05) is 7.05 Å². The van der Waals surface area contributed by atoms with Crippen molar-refractivity contribution in [2.45, 2.75) is 31.5 Å². The first-order valence-corrected chi connectivity index (χ1v) is 5.16. The fraction of sp³-hybridized carbons (Fsp3) is 0.700. The Morgan fingerprint density at radius 2 is 2.19 bits per heavy atom. The van der Waals surface area contributed by atoms with Gasteiger partial charge in [-0.1, -0.05) is 0 Å². The maximum atomic E-state index is 12.0. The zero-order valence-corrected chi connectivity index (χ0v) is 9.38. The zero-order chi connectivity index (χ0) is 12.2. The normalized spacial score (nSPS) is 14.1. The molecule has 0 saturated carbocycles. The highest BCUT2D eigenvalue weighted by atomic mass is 19.4. The average molecular weight is 235 g/mol. The van der Waals surface area contributed by atoms with Crippen molar-refractivity contribution < 1.29 is 13.2 Å². The summed E-state index contributed by atoms with van der Waals surface area (Å²) in [4.78, 5) is 0. The van der Waals surface area contributed by atoms with Gasteiger partial charge in [-0.05, 0) is 26.0 Å². The maximum Gasteiger partial charge on any atom is 0.389 e.